The fourth-order valence-electron chi connectivity index (χ4n) is 14.0. The monoisotopic (exact) mass is 694 g/mol. The Balaban J connectivity index is 1.15. The van der Waals surface area contributed by atoms with Crippen LogP contribution in [0, 0.1) is 44.8 Å². The lowest BCUT2D eigenvalue weighted by Crippen LogP contribution is -2.64. The third-order valence-corrected chi connectivity index (χ3v) is 16.2. The lowest BCUT2D eigenvalue weighted by molar-refractivity contribution is -0.330. The highest BCUT2D eigenvalue weighted by Crippen LogP contribution is 2.89. The van der Waals surface area contributed by atoms with Gasteiger partial charge >= 0.3 is 5.97 Å². The molecule has 0 amide bonds. The van der Waals surface area contributed by atoms with Crippen molar-refractivity contribution in [3.63, 3.8) is 0 Å². The lowest BCUT2D eigenvalue weighted by Gasteiger charge is -2.64. The van der Waals surface area contributed by atoms with Crippen LogP contribution in [0.25, 0.3) is 0 Å². The molecule has 0 bridgehead atoms. The van der Waals surface area contributed by atoms with E-state index in [1.54, 1.807) is 13.8 Å². The molecule has 2 saturated heterocycles. The molecule has 0 aromatic carbocycles. The minimum absolute atomic E-state index is 0.0545. The maximum atomic E-state index is 12.3. The van der Waals surface area contributed by atoms with Crippen molar-refractivity contribution in [3.05, 3.63) is 0 Å². The summed E-state index contributed by atoms with van der Waals surface area (Å²) < 4.78 is 24.6. The summed E-state index contributed by atoms with van der Waals surface area (Å²) in [5.74, 6) is -0.538. The van der Waals surface area contributed by atoms with E-state index < -0.39 is 78.2 Å². The summed E-state index contributed by atoms with van der Waals surface area (Å²) in [6, 6.07) is 0. The van der Waals surface area contributed by atoms with Gasteiger partial charge in [0.2, 0.25) is 0 Å². The third kappa shape index (κ3) is 4.88. The highest BCUT2D eigenvalue weighted by Gasteiger charge is 2.85. The van der Waals surface area contributed by atoms with Crippen molar-refractivity contribution in [1.82, 2.24) is 0 Å². The summed E-state index contributed by atoms with van der Waals surface area (Å²) in [7, 11) is 0. The van der Waals surface area contributed by atoms with Crippen molar-refractivity contribution in [2.24, 2.45) is 44.8 Å². The Kier molecular flexibility index (Phi) is 8.42. The van der Waals surface area contributed by atoms with E-state index >= 15 is 0 Å². The van der Waals surface area contributed by atoms with Crippen molar-refractivity contribution in [2.45, 2.75) is 180 Å². The summed E-state index contributed by atoms with van der Waals surface area (Å²) in [4.78, 5) is 12.0. The maximum Gasteiger partial charge on any atom is 0.303 e. The molecule has 11 heteroatoms. The van der Waals surface area contributed by atoms with Crippen LogP contribution in [0.2, 0.25) is 0 Å². The fraction of sp³-hybridized carbons (Fsp3) is 0.974. The van der Waals surface area contributed by atoms with E-state index in [9.17, 15) is 35.4 Å². The standard InChI is InChI=1S/C38H62O11/c1-19(40)46-28-27(44)26(43)22(17-39)47-31(28)48-24-10-12-38-18-37(38)14-13-34(6)30(36(8)11-9-25(49-36)33(4,5)45)21(42)16-35(34,7)23(37)15-20(41)29(38)32(24,2)3/h20-31,39,41-45H,9-18H2,1-8H3/t20-,21-,22+,23-,24-,25-,26+,27-,28+,29-,30-,31-,34+,35-,36+,37-,38+/m0/s1. The number of rotatable bonds is 6. The van der Waals surface area contributed by atoms with Gasteiger partial charge in [0.1, 0.15) is 18.3 Å². The fourth-order valence-corrected chi connectivity index (χ4v) is 14.0. The average molecular weight is 695 g/mol. The van der Waals surface area contributed by atoms with Crippen molar-refractivity contribution < 1.29 is 54.4 Å². The van der Waals surface area contributed by atoms with E-state index in [1.807, 2.05) is 0 Å². The highest BCUT2D eigenvalue weighted by molar-refractivity contribution is 5.66. The molecule has 280 valence electrons. The van der Waals surface area contributed by atoms with E-state index in [2.05, 4.69) is 34.6 Å². The Morgan fingerprint density at radius 3 is 2.18 bits per heavy atom. The number of esters is 1. The second-order valence-corrected chi connectivity index (χ2v) is 19.3. The Morgan fingerprint density at radius 1 is 0.878 bits per heavy atom. The second kappa shape index (κ2) is 11.3. The number of hydrogen-bond acceptors (Lipinski definition) is 11. The Labute approximate surface area is 291 Å². The highest BCUT2D eigenvalue weighted by atomic mass is 16.7. The van der Waals surface area contributed by atoms with Crippen molar-refractivity contribution in [2.75, 3.05) is 6.61 Å². The van der Waals surface area contributed by atoms with Crippen LogP contribution in [0.4, 0.5) is 0 Å². The van der Waals surface area contributed by atoms with Crippen LogP contribution in [-0.2, 0) is 23.7 Å². The third-order valence-electron chi connectivity index (χ3n) is 16.2. The predicted octanol–water partition coefficient (Wildman–Crippen LogP) is 2.83. The quantitative estimate of drug-likeness (QED) is 0.178. The van der Waals surface area contributed by atoms with Crippen LogP contribution < -0.4 is 0 Å². The molecule has 0 radical (unpaired) electrons. The molecule has 2 aliphatic heterocycles. The topological polar surface area (TPSA) is 175 Å². The van der Waals surface area contributed by atoms with Gasteiger partial charge in [-0.2, -0.15) is 0 Å². The molecule has 5 aliphatic carbocycles. The van der Waals surface area contributed by atoms with Gasteiger partial charge in [-0.05, 0) is 117 Å². The number of carbonyl (C=O) groups excluding carboxylic acids is 1. The molecular weight excluding hydrogens is 632 g/mol. The van der Waals surface area contributed by atoms with Crippen molar-refractivity contribution in [3.8, 4) is 0 Å². The number of fused-ring (bicyclic) bond motifs is 2. The SMILES string of the molecule is CC(=O)O[C@H]1[C@H](O[C@H]2CC[C@]34C[C@]35CC[C@]3(C)[C@@H]([C@@]6(C)CC[C@@H](C(C)(C)O)O6)[C@@H](O)C[C@@]3(C)[C@@H]5C[C@H](O)[C@H]4C2(C)C)O[C@H](CO)[C@@H](O)[C@@H]1O. The Morgan fingerprint density at radius 2 is 1.57 bits per heavy atom. The van der Waals surface area contributed by atoms with Crippen LogP contribution in [0.15, 0.2) is 0 Å². The molecule has 17 atom stereocenters. The first-order valence-electron chi connectivity index (χ1n) is 18.8. The molecule has 5 saturated carbocycles. The van der Waals surface area contributed by atoms with Gasteiger partial charge in [0, 0.05) is 12.8 Å². The molecule has 0 aromatic heterocycles. The van der Waals surface area contributed by atoms with Crippen LogP contribution in [-0.4, -0.2) is 110 Å². The molecule has 2 spiro atoms. The zero-order valence-electron chi connectivity index (χ0n) is 30.7. The number of aliphatic hydroxyl groups is 6. The van der Waals surface area contributed by atoms with Gasteiger partial charge in [-0.15, -0.1) is 0 Å². The summed E-state index contributed by atoms with van der Waals surface area (Å²) >= 11 is 0. The van der Waals surface area contributed by atoms with Crippen LogP contribution >= 0.6 is 0 Å². The van der Waals surface area contributed by atoms with Gasteiger partial charge in [-0.1, -0.05) is 27.7 Å². The molecule has 0 unspecified atom stereocenters. The van der Waals surface area contributed by atoms with E-state index in [0.717, 1.165) is 38.5 Å². The molecular formula is C38H62O11. The maximum absolute atomic E-state index is 12.3. The summed E-state index contributed by atoms with van der Waals surface area (Å²) in [5.41, 5.74) is -2.42. The summed E-state index contributed by atoms with van der Waals surface area (Å²) in [6.45, 7) is 15.5. The van der Waals surface area contributed by atoms with Crippen LogP contribution in [0.1, 0.15) is 113 Å². The number of aliphatic hydroxyl groups excluding tert-OH is 5. The molecule has 6 N–H and O–H groups in total. The average Bonchev–Trinajstić information content (AvgIpc) is 3.34. The summed E-state index contributed by atoms with van der Waals surface area (Å²) in [6.07, 6.45) is -0.835. The van der Waals surface area contributed by atoms with Crippen molar-refractivity contribution >= 4 is 5.97 Å². The van der Waals surface area contributed by atoms with Gasteiger partial charge in [-0.3, -0.25) is 4.79 Å². The van der Waals surface area contributed by atoms with Gasteiger partial charge < -0.3 is 49.6 Å². The zero-order chi connectivity index (χ0) is 35.9. The Bertz CT molecular complexity index is 1320. The van der Waals surface area contributed by atoms with Gasteiger partial charge in [0.05, 0.1) is 42.2 Å². The van der Waals surface area contributed by atoms with Crippen LogP contribution in [0.5, 0.6) is 0 Å². The molecule has 0 aromatic rings. The first-order valence-corrected chi connectivity index (χ1v) is 18.8. The predicted molar refractivity (Wildman–Crippen MR) is 177 cm³/mol. The molecule has 7 fully saturated rings. The van der Waals surface area contributed by atoms with E-state index in [1.165, 1.54) is 6.92 Å². The van der Waals surface area contributed by atoms with Gasteiger partial charge in [0.15, 0.2) is 12.4 Å². The lowest BCUT2D eigenvalue weighted by atomic mass is 9.41. The van der Waals surface area contributed by atoms with Gasteiger partial charge in [-0.25, -0.2) is 0 Å². The number of carbonyl (C=O) groups is 1. The van der Waals surface area contributed by atoms with Crippen LogP contribution in [0.3, 0.4) is 0 Å². The molecule has 2 heterocycles. The van der Waals surface area contributed by atoms with Crippen molar-refractivity contribution in [1.29, 1.82) is 0 Å². The number of ether oxygens (including phenoxy) is 4. The largest absolute Gasteiger partial charge is 0.454 e. The normalized spacial score (nSPS) is 56.3. The first-order chi connectivity index (χ1) is 22.6. The van der Waals surface area contributed by atoms with Gasteiger partial charge in [0.25, 0.3) is 0 Å². The smallest absolute Gasteiger partial charge is 0.303 e. The van der Waals surface area contributed by atoms with E-state index in [4.69, 9.17) is 18.9 Å². The molecule has 11 nitrogen and oxygen atoms in total. The first kappa shape index (κ1) is 36.5. The Hall–Kier alpha value is -0.890. The van der Waals surface area contributed by atoms with E-state index in [0.29, 0.717) is 19.3 Å². The minimum atomic E-state index is -1.49. The molecule has 7 rings (SSSR count). The minimum Gasteiger partial charge on any atom is -0.454 e. The summed E-state index contributed by atoms with van der Waals surface area (Å²) in [5, 5.41) is 66.2. The molecule has 7 aliphatic rings. The number of hydrogen-bond donors (Lipinski definition) is 6. The molecule has 49 heavy (non-hydrogen) atoms. The van der Waals surface area contributed by atoms with E-state index in [-0.39, 0.29) is 45.5 Å². The zero-order valence-corrected chi connectivity index (χ0v) is 30.7. The second-order valence-electron chi connectivity index (χ2n) is 19.3.